The van der Waals surface area contributed by atoms with E-state index in [0.29, 0.717) is 5.69 Å². The smallest absolute Gasteiger partial charge is 0.270 e. The first-order valence-corrected chi connectivity index (χ1v) is 10.3. The average Bonchev–Trinajstić information content (AvgIpc) is 3.00. The van der Waals surface area contributed by atoms with Gasteiger partial charge in [0, 0.05) is 33.9 Å². The Morgan fingerprint density at radius 3 is 2.37 bits per heavy atom. The van der Waals surface area contributed by atoms with Gasteiger partial charge in [-0.3, -0.25) is 24.8 Å². The predicted molar refractivity (Wildman–Crippen MR) is 123 cm³/mol. The molecule has 0 radical (unpaired) electrons. The van der Waals surface area contributed by atoms with E-state index in [9.17, 15) is 9.59 Å². The highest BCUT2D eigenvalue weighted by molar-refractivity contribution is 9.10. The van der Waals surface area contributed by atoms with Crippen LogP contribution in [0.5, 0.6) is 0 Å². The van der Waals surface area contributed by atoms with Crippen molar-refractivity contribution in [3.63, 3.8) is 0 Å². The summed E-state index contributed by atoms with van der Waals surface area (Å²) in [5, 5.41) is 2.68. The number of aryl methyl sites for hydroxylation is 1. The molecule has 0 spiro atoms. The number of carbonyl (C=O) groups excluding carboxylic acids is 2. The first-order valence-electron chi connectivity index (χ1n) is 9.13. The van der Waals surface area contributed by atoms with Crippen molar-refractivity contribution in [1.29, 1.82) is 0 Å². The molecule has 30 heavy (non-hydrogen) atoms. The Kier molecular flexibility index (Phi) is 5.36. The molecule has 1 aromatic carbocycles. The van der Waals surface area contributed by atoms with Gasteiger partial charge in [0.25, 0.3) is 11.8 Å². The molecular weight excluding hydrogens is 464 g/mol. The van der Waals surface area contributed by atoms with Gasteiger partial charge in [-0.2, -0.15) is 0 Å². The molecule has 8 heteroatoms. The third-order valence-corrected chi connectivity index (χ3v) is 5.69. The first-order chi connectivity index (χ1) is 14.4. The highest BCUT2D eigenvalue weighted by Crippen LogP contribution is 2.26. The Labute approximate surface area is 187 Å². The number of benzene rings is 1. The van der Waals surface area contributed by atoms with E-state index >= 15 is 0 Å². The first kappa shape index (κ1) is 20.2. The second-order valence-electron chi connectivity index (χ2n) is 6.80. The number of thiocarbonyl (C=S) groups is 1. The van der Waals surface area contributed by atoms with Gasteiger partial charge in [0.15, 0.2) is 5.11 Å². The second-order valence-corrected chi connectivity index (χ2v) is 8.10. The lowest BCUT2D eigenvalue weighted by Gasteiger charge is -2.29. The van der Waals surface area contributed by atoms with Crippen LogP contribution in [-0.4, -0.2) is 26.5 Å². The van der Waals surface area contributed by atoms with E-state index < -0.39 is 11.8 Å². The Bertz CT molecular complexity index is 1200. The SMILES string of the molecule is Cc1cc(/C=C2\C(=O)NC(=S)N(c3ccc(Br)cc3)C2=O)c(C)n1-c1ccncc1. The van der Waals surface area contributed by atoms with Gasteiger partial charge >= 0.3 is 0 Å². The molecule has 1 fully saturated rings. The van der Waals surface area contributed by atoms with E-state index in [1.165, 1.54) is 4.90 Å². The van der Waals surface area contributed by atoms with Crippen molar-refractivity contribution < 1.29 is 9.59 Å². The summed E-state index contributed by atoms with van der Waals surface area (Å²) < 4.78 is 2.93. The monoisotopic (exact) mass is 480 g/mol. The van der Waals surface area contributed by atoms with Crippen molar-refractivity contribution in [1.82, 2.24) is 14.9 Å². The Balaban J connectivity index is 1.76. The van der Waals surface area contributed by atoms with Gasteiger partial charge < -0.3 is 4.57 Å². The lowest BCUT2D eigenvalue weighted by atomic mass is 10.1. The minimum absolute atomic E-state index is 0.0292. The van der Waals surface area contributed by atoms with Crippen LogP contribution in [0.2, 0.25) is 0 Å². The summed E-state index contributed by atoms with van der Waals surface area (Å²) in [4.78, 5) is 31.2. The minimum Gasteiger partial charge on any atom is -0.318 e. The molecule has 0 saturated carbocycles. The zero-order valence-electron chi connectivity index (χ0n) is 16.2. The number of pyridine rings is 1. The molecule has 1 aliphatic rings. The zero-order chi connectivity index (χ0) is 21.4. The van der Waals surface area contributed by atoms with E-state index in [4.69, 9.17) is 12.2 Å². The number of halogens is 1. The van der Waals surface area contributed by atoms with Crippen LogP contribution in [0.1, 0.15) is 17.0 Å². The number of aromatic nitrogens is 2. The maximum absolute atomic E-state index is 13.2. The molecule has 0 unspecified atom stereocenters. The number of hydrogen-bond acceptors (Lipinski definition) is 4. The van der Waals surface area contributed by atoms with Crippen LogP contribution >= 0.6 is 28.1 Å². The summed E-state index contributed by atoms with van der Waals surface area (Å²) in [5.41, 5.74) is 4.25. The Hall–Kier alpha value is -3.10. The quantitative estimate of drug-likeness (QED) is 0.348. The summed E-state index contributed by atoms with van der Waals surface area (Å²) in [7, 11) is 0. The van der Waals surface area contributed by atoms with E-state index in [1.807, 2.05) is 44.2 Å². The number of amides is 2. The van der Waals surface area contributed by atoms with E-state index in [-0.39, 0.29) is 10.7 Å². The van der Waals surface area contributed by atoms with Crippen LogP contribution in [0.25, 0.3) is 11.8 Å². The topological polar surface area (TPSA) is 67.2 Å². The maximum atomic E-state index is 13.2. The Morgan fingerprint density at radius 2 is 1.70 bits per heavy atom. The van der Waals surface area contributed by atoms with E-state index in [1.54, 1.807) is 30.6 Å². The highest BCUT2D eigenvalue weighted by Gasteiger charge is 2.34. The maximum Gasteiger partial charge on any atom is 0.270 e. The largest absolute Gasteiger partial charge is 0.318 e. The van der Waals surface area contributed by atoms with Crippen molar-refractivity contribution in [3.8, 4) is 5.69 Å². The molecule has 1 N–H and O–H groups in total. The summed E-state index contributed by atoms with van der Waals surface area (Å²) in [5.74, 6) is -0.966. The van der Waals surface area contributed by atoms with Crippen LogP contribution in [0.4, 0.5) is 5.69 Å². The fourth-order valence-electron chi connectivity index (χ4n) is 3.46. The number of nitrogens with one attached hydrogen (secondary N) is 1. The highest BCUT2D eigenvalue weighted by atomic mass is 79.9. The summed E-state index contributed by atoms with van der Waals surface area (Å²) >= 11 is 8.63. The standard InChI is InChI=1S/C22H17BrN4O2S/c1-13-11-15(14(2)26(13)18-7-9-24-10-8-18)12-19-20(28)25-22(30)27(21(19)29)17-5-3-16(23)4-6-17/h3-12H,1-2H3,(H,25,28,30)/b19-12+. The fraction of sp³-hybridized carbons (Fsp3) is 0.0909. The molecule has 0 bridgehead atoms. The molecule has 2 aromatic heterocycles. The minimum atomic E-state index is -0.507. The number of rotatable bonds is 3. The zero-order valence-corrected chi connectivity index (χ0v) is 18.6. The molecule has 150 valence electrons. The summed E-state index contributed by atoms with van der Waals surface area (Å²) in [6.07, 6.45) is 5.06. The number of hydrogen-bond donors (Lipinski definition) is 1. The molecule has 4 rings (SSSR count). The average molecular weight is 481 g/mol. The van der Waals surface area contributed by atoms with Crippen LogP contribution in [0.15, 0.2) is 64.9 Å². The van der Waals surface area contributed by atoms with Crippen molar-refractivity contribution in [2.24, 2.45) is 0 Å². The molecule has 1 aliphatic heterocycles. The third kappa shape index (κ3) is 3.59. The lowest BCUT2D eigenvalue weighted by Crippen LogP contribution is -2.54. The van der Waals surface area contributed by atoms with Crippen LogP contribution < -0.4 is 10.2 Å². The van der Waals surface area contributed by atoms with Gasteiger partial charge in [0.1, 0.15) is 5.57 Å². The number of nitrogens with zero attached hydrogens (tertiary/aromatic N) is 3. The third-order valence-electron chi connectivity index (χ3n) is 4.88. The van der Waals surface area contributed by atoms with Crippen LogP contribution in [0, 0.1) is 13.8 Å². The van der Waals surface area contributed by atoms with Crippen molar-refractivity contribution in [3.05, 3.63) is 81.9 Å². The summed E-state index contributed by atoms with van der Waals surface area (Å²) in [6.45, 7) is 3.92. The molecule has 0 atom stereocenters. The van der Waals surface area contributed by atoms with Gasteiger partial charge in [0.2, 0.25) is 0 Å². The van der Waals surface area contributed by atoms with Crippen molar-refractivity contribution in [2.75, 3.05) is 4.90 Å². The molecule has 6 nitrogen and oxygen atoms in total. The molecule has 0 aliphatic carbocycles. The number of anilines is 1. The van der Waals surface area contributed by atoms with Crippen molar-refractivity contribution in [2.45, 2.75) is 13.8 Å². The van der Waals surface area contributed by atoms with Crippen LogP contribution in [-0.2, 0) is 9.59 Å². The molecule has 1 saturated heterocycles. The van der Waals surface area contributed by atoms with Gasteiger partial charge in [-0.05, 0) is 80.2 Å². The molecule has 3 heterocycles. The van der Waals surface area contributed by atoms with Gasteiger partial charge in [-0.25, -0.2) is 0 Å². The van der Waals surface area contributed by atoms with Gasteiger partial charge in [0.05, 0.1) is 5.69 Å². The van der Waals surface area contributed by atoms with Gasteiger partial charge in [-0.15, -0.1) is 0 Å². The molecule has 2 amide bonds. The summed E-state index contributed by atoms with van der Waals surface area (Å²) in [6, 6.07) is 12.9. The molecule has 3 aromatic rings. The van der Waals surface area contributed by atoms with Crippen molar-refractivity contribution >= 4 is 56.8 Å². The fourth-order valence-corrected chi connectivity index (χ4v) is 4.01. The second kappa shape index (κ2) is 7.97. The van der Waals surface area contributed by atoms with Crippen LogP contribution in [0.3, 0.4) is 0 Å². The van der Waals surface area contributed by atoms with E-state index in [2.05, 4.69) is 30.8 Å². The van der Waals surface area contributed by atoms with E-state index in [0.717, 1.165) is 27.1 Å². The molecular formula is C22H17BrN4O2S. The predicted octanol–water partition coefficient (Wildman–Crippen LogP) is 4.08. The Morgan fingerprint density at radius 1 is 1.03 bits per heavy atom. The van der Waals surface area contributed by atoms with Gasteiger partial charge in [-0.1, -0.05) is 15.9 Å². The number of carbonyl (C=O) groups is 2. The normalized spacial score (nSPS) is 15.6. The lowest BCUT2D eigenvalue weighted by molar-refractivity contribution is -0.122.